The quantitative estimate of drug-likeness (QED) is 0.371. The van der Waals surface area contributed by atoms with Gasteiger partial charge in [0, 0.05) is 0 Å². The Balaban J connectivity index is 2.35. The van der Waals surface area contributed by atoms with Crippen molar-refractivity contribution < 1.29 is 35.1 Å². The van der Waals surface area contributed by atoms with Crippen LogP contribution in [0.15, 0.2) is 33.7 Å². The molecule has 0 amide bonds. The van der Waals surface area contributed by atoms with Crippen LogP contribution in [0.1, 0.15) is 0 Å². The largest absolute Gasteiger partial charge is 0.504 e. The molecule has 3 aromatic rings. The van der Waals surface area contributed by atoms with Crippen molar-refractivity contribution in [3.8, 4) is 45.6 Å². The van der Waals surface area contributed by atoms with E-state index in [1.165, 1.54) is 0 Å². The highest BCUT2D eigenvalue weighted by atomic mass is 16.4. The van der Waals surface area contributed by atoms with Crippen LogP contribution in [-0.2, 0) is 0 Å². The predicted octanol–water partition coefficient (Wildman–Crippen LogP) is 1.69. The van der Waals surface area contributed by atoms with Crippen LogP contribution in [0.4, 0.5) is 0 Å². The van der Waals surface area contributed by atoms with Crippen LogP contribution in [0.5, 0.6) is 34.5 Å². The molecule has 0 saturated carbocycles. The van der Waals surface area contributed by atoms with Gasteiger partial charge in [0.2, 0.25) is 16.9 Å². The second-order valence-electron chi connectivity index (χ2n) is 4.81. The number of phenols is 6. The second-order valence-corrected chi connectivity index (χ2v) is 4.81. The minimum atomic E-state index is -0.826. The average Bonchev–Trinajstić information content (AvgIpc) is 2.51. The van der Waals surface area contributed by atoms with Crippen molar-refractivity contribution in [2.24, 2.45) is 0 Å². The topological polar surface area (TPSA) is 152 Å². The molecule has 0 fully saturated rings. The van der Waals surface area contributed by atoms with E-state index in [1.54, 1.807) is 0 Å². The molecule has 0 spiro atoms. The van der Waals surface area contributed by atoms with Gasteiger partial charge in [0.1, 0.15) is 6.26 Å². The molecule has 23 heavy (non-hydrogen) atoms. The van der Waals surface area contributed by atoms with Crippen molar-refractivity contribution in [2.45, 2.75) is 0 Å². The Morgan fingerprint density at radius 3 is 1.91 bits per heavy atom. The molecule has 3 rings (SSSR count). The first kappa shape index (κ1) is 14.4. The third kappa shape index (κ3) is 2.04. The van der Waals surface area contributed by atoms with Crippen LogP contribution >= 0.6 is 0 Å². The van der Waals surface area contributed by atoms with Gasteiger partial charge in [-0.25, -0.2) is 0 Å². The highest BCUT2D eigenvalue weighted by Gasteiger charge is 2.19. The molecule has 118 valence electrons. The fourth-order valence-electron chi connectivity index (χ4n) is 2.19. The number of aromatic hydroxyl groups is 6. The van der Waals surface area contributed by atoms with Gasteiger partial charge in [0.15, 0.2) is 28.6 Å². The maximum absolute atomic E-state index is 12.5. The third-order valence-corrected chi connectivity index (χ3v) is 3.37. The Morgan fingerprint density at radius 2 is 1.30 bits per heavy atom. The van der Waals surface area contributed by atoms with Gasteiger partial charge in [-0.05, 0) is 23.8 Å². The van der Waals surface area contributed by atoms with E-state index in [1.807, 2.05) is 0 Å². The number of rotatable bonds is 1. The van der Waals surface area contributed by atoms with E-state index in [4.69, 9.17) is 4.42 Å². The highest BCUT2D eigenvalue weighted by molar-refractivity contribution is 5.90. The maximum atomic E-state index is 12.5. The van der Waals surface area contributed by atoms with Gasteiger partial charge in [0.25, 0.3) is 0 Å². The summed E-state index contributed by atoms with van der Waals surface area (Å²) in [6.07, 6.45) is 0.951. The second kappa shape index (κ2) is 4.73. The van der Waals surface area contributed by atoms with E-state index in [2.05, 4.69) is 0 Å². The van der Waals surface area contributed by atoms with Gasteiger partial charge in [-0.2, -0.15) is 0 Å². The van der Waals surface area contributed by atoms with E-state index in [0.717, 1.165) is 24.5 Å². The molecule has 0 aliphatic heterocycles. The lowest BCUT2D eigenvalue weighted by molar-refractivity contribution is 0.366. The van der Waals surface area contributed by atoms with E-state index < -0.39 is 39.9 Å². The Hall–Kier alpha value is -3.55. The van der Waals surface area contributed by atoms with Crippen molar-refractivity contribution in [3.63, 3.8) is 0 Å². The van der Waals surface area contributed by atoms with E-state index in [0.29, 0.717) is 0 Å². The maximum Gasteiger partial charge on any atom is 0.205 e. The Labute approximate surface area is 127 Å². The SMILES string of the molecule is O=c1c(-c2cc(O)c(O)c(O)c2)coc2c(O)c(O)c(O)cc12. The van der Waals surface area contributed by atoms with Crippen LogP contribution < -0.4 is 5.43 Å². The van der Waals surface area contributed by atoms with E-state index in [-0.39, 0.29) is 22.1 Å². The molecular weight excluding hydrogens is 308 g/mol. The highest BCUT2D eigenvalue weighted by Crippen LogP contribution is 2.42. The fourth-order valence-corrected chi connectivity index (χ4v) is 2.19. The molecule has 0 bridgehead atoms. The fraction of sp³-hybridized carbons (Fsp3) is 0. The normalized spacial score (nSPS) is 11.0. The molecule has 1 aromatic heterocycles. The van der Waals surface area contributed by atoms with Crippen LogP contribution in [0, 0.1) is 0 Å². The molecule has 0 aliphatic rings. The zero-order valence-corrected chi connectivity index (χ0v) is 11.3. The van der Waals surface area contributed by atoms with Gasteiger partial charge >= 0.3 is 0 Å². The van der Waals surface area contributed by atoms with Gasteiger partial charge < -0.3 is 35.1 Å². The molecule has 1 heterocycles. The summed E-state index contributed by atoms with van der Waals surface area (Å²) in [4.78, 5) is 12.5. The smallest absolute Gasteiger partial charge is 0.205 e. The molecular formula is C15H10O8. The number of hydrogen-bond acceptors (Lipinski definition) is 8. The lowest BCUT2D eigenvalue weighted by Crippen LogP contribution is -2.04. The molecule has 0 saturated heterocycles. The molecule has 2 aromatic carbocycles. The molecule has 6 N–H and O–H groups in total. The zero-order chi connectivity index (χ0) is 16.9. The predicted molar refractivity (Wildman–Crippen MR) is 77.9 cm³/mol. The number of phenolic OH excluding ortho intramolecular Hbond substituents is 6. The summed E-state index contributed by atoms with van der Waals surface area (Å²) in [5, 5.41) is 56.8. The molecule has 0 radical (unpaired) electrons. The minimum Gasteiger partial charge on any atom is -0.504 e. The summed E-state index contributed by atoms with van der Waals surface area (Å²) in [6, 6.07) is 2.99. The minimum absolute atomic E-state index is 0.0421. The first-order valence-electron chi connectivity index (χ1n) is 6.26. The Kier molecular flexibility index (Phi) is 2.96. The van der Waals surface area contributed by atoms with Crippen LogP contribution in [0.3, 0.4) is 0 Å². The number of fused-ring (bicyclic) bond motifs is 1. The van der Waals surface area contributed by atoms with Gasteiger partial charge in [-0.3, -0.25) is 4.79 Å². The summed E-state index contributed by atoms with van der Waals surface area (Å²) in [7, 11) is 0. The molecule has 8 heteroatoms. The van der Waals surface area contributed by atoms with Crippen molar-refractivity contribution in [2.75, 3.05) is 0 Å². The Bertz CT molecular complexity index is 980. The summed E-state index contributed by atoms with van der Waals surface area (Å²) >= 11 is 0. The van der Waals surface area contributed by atoms with Gasteiger partial charge in [-0.15, -0.1) is 0 Å². The first-order chi connectivity index (χ1) is 10.8. The molecule has 0 unspecified atom stereocenters. The summed E-state index contributed by atoms with van der Waals surface area (Å²) in [6.45, 7) is 0. The number of hydrogen-bond donors (Lipinski definition) is 6. The van der Waals surface area contributed by atoms with Crippen LogP contribution in [0.2, 0.25) is 0 Å². The van der Waals surface area contributed by atoms with Gasteiger partial charge in [-0.1, -0.05) is 0 Å². The van der Waals surface area contributed by atoms with Crippen molar-refractivity contribution in [3.05, 3.63) is 34.7 Å². The summed E-state index contributed by atoms with van der Waals surface area (Å²) in [5.74, 6) is -4.35. The average molecular weight is 318 g/mol. The van der Waals surface area contributed by atoms with E-state index >= 15 is 0 Å². The van der Waals surface area contributed by atoms with Crippen molar-refractivity contribution in [1.29, 1.82) is 0 Å². The van der Waals surface area contributed by atoms with Crippen molar-refractivity contribution >= 4 is 11.0 Å². The summed E-state index contributed by atoms with van der Waals surface area (Å²) < 4.78 is 5.11. The molecule has 0 aliphatic carbocycles. The standard InChI is InChI=1S/C15H10O8/c16-8-1-5(2-9(17)12(8)20)7-4-23-15-6(11(7)19)3-10(18)13(21)14(15)22/h1-4,16-18,20-22H. The third-order valence-electron chi connectivity index (χ3n) is 3.37. The molecule has 8 nitrogen and oxygen atoms in total. The lowest BCUT2D eigenvalue weighted by atomic mass is 10.0. The molecule has 0 atom stereocenters. The van der Waals surface area contributed by atoms with Crippen molar-refractivity contribution in [1.82, 2.24) is 0 Å². The van der Waals surface area contributed by atoms with E-state index in [9.17, 15) is 35.4 Å². The lowest BCUT2D eigenvalue weighted by Gasteiger charge is -2.08. The monoisotopic (exact) mass is 318 g/mol. The zero-order valence-electron chi connectivity index (χ0n) is 11.3. The summed E-state index contributed by atoms with van der Waals surface area (Å²) in [5.41, 5.74) is -1.09. The number of benzene rings is 2. The first-order valence-corrected chi connectivity index (χ1v) is 6.26. The van der Waals surface area contributed by atoms with Gasteiger partial charge in [0.05, 0.1) is 10.9 Å². The van der Waals surface area contributed by atoms with Crippen LogP contribution in [0.25, 0.3) is 22.1 Å². The Morgan fingerprint density at radius 1 is 0.739 bits per heavy atom. The van der Waals surface area contributed by atoms with Crippen LogP contribution in [-0.4, -0.2) is 30.6 Å².